The Kier molecular flexibility index (Phi) is 7.43. The van der Waals surface area contributed by atoms with Gasteiger partial charge in [-0.05, 0) is 36.8 Å². The lowest BCUT2D eigenvalue weighted by atomic mass is 9.91. The van der Waals surface area contributed by atoms with Crippen molar-refractivity contribution in [1.29, 1.82) is 5.41 Å². The minimum Gasteiger partial charge on any atom is -0.390 e. The summed E-state index contributed by atoms with van der Waals surface area (Å²) in [5, 5.41) is 21.7. The molecule has 2 heterocycles. The van der Waals surface area contributed by atoms with E-state index in [-0.39, 0.29) is 28.8 Å². The van der Waals surface area contributed by atoms with Crippen LogP contribution < -0.4 is 5.73 Å². The summed E-state index contributed by atoms with van der Waals surface area (Å²) in [5.41, 5.74) is 5.29. The van der Waals surface area contributed by atoms with Gasteiger partial charge in [0.15, 0.2) is 5.96 Å². The number of rotatable bonds is 8. The average molecular weight is 454 g/mol. The van der Waals surface area contributed by atoms with Gasteiger partial charge in [-0.2, -0.15) is 18.2 Å². The Bertz CT molecular complexity index is 931. The van der Waals surface area contributed by atoms with Gasteiger partial charge in [0.05, 0.1) is 11.7 Å². The number of hydrogen-bond donors (Lipinski definition) is 3. The molecule has 176 valence electrons. The van der Waals surface area contributed by atoms with Gasteiger partial charge in [-0.25, -0.2) is 0 Å². The van der Waals surface area contributed by atoms with Crippen molar-refractivity contribution in [1.82, 2.24) is 15.0 Å². The average Bonchev–Trinajstić information content (AvgIpc) is 3.37. The molecule has 7 nitrogen and oxygen atoms in total. The third-order valence-electron chi connectivity index (χ3n) is 6.14. The molecular formula is C22H30F3N5O2. The first kappa shape index (κ1) is 24.0. The molecule has 1 fully saturated rings. The molecule has 0 spiro atoms. The molecule has 1 aliphatic rings. The van der Waals surface area contributed by atoms with E-state index in [0.717, 1.165) is 25.3 Å². The highest BCUT2D eigenvalue weighted by Gasteiger charge is 2.39. The number of likely N-dealkylation sites (tertiary alicyclic amines) is 1. The number of halogens is 3. The van der Waals surface area contributed by atoms with Gasteiger partial charge in [0.25, 0.3) is 5.89 Å². The zero-order valence-electron chi connectivity index (χ0n) is 18.3. The Morgan fingerprint density at radius 1 is 1.34 bits per heavy atom. The van der Waals surface area contributed by atoms with Crippen molar-refractivity contribution in [3.05, 3.63) is 35.2 Å². The predicted octanol–water partition coefficient (Wildman–Crippen LogP) is 4.52. The Balaban J connectivity index is 1.87. The highest BCUT2D eigenvalue weighted by atomic mass is 19.4. The van der Waals surface area contributed by atoms with Gasteiger partial charge in [-0.1, -0.05) is 50.4 Å². The van der Waals surface area contributed by atoms with Gasteiger partial charge in [-0.15, -0.1) is 0 Å². The van der Waals surface area contributed by atoms with E-state index in [1.54, 1.807) is 6.07 Å². The highest BCUT2D eigenvalue weighted by molar-refractivity contribution is 5.75. The number of nitrogens with zero attached hydrogens (tertiary/aromatic N) is 3. The zero-order valence-corrected chi connectivity index (χ0v) is 18.3. The van der Waals surface area contributed by atoms with Crippen molar-refractivity contribution in [2.75, 3.05) is 6.54 Å². The summed E-state index contributed by atoms with van der Waals surface area (Å²) in [6.07, 6.45) is -0.972. The summed E-state index contributed by atoms with van der Waals surface area (Å²) in [7, 11) is 0. The van der Waals surface area contributed by atoms with Crippen LogP contribution in [0.15, 0.2) is 22.7 Å². The summed E-state index contributed by atoms with van der Waals surface area (Å²) in [4.78, 5) is 5.63. The van der Waals surface area contributed by atoms with Crippen LogP contribution in [0.2, 0.25) is 0 Å². The van der Waals surface area contributed by atoms with E-state index < -0.39 is 23.9 Å². The van der Waals surface area contributed by atoms with Crippen LogP contribution in [0.25, 0.3) is 11.4 Å². The number of aryl methyl sites for hydroxylation is 1. The molecule has 0 bridgehead atoms. The Morgan fingerprint density at radius 3 is 2.72 bits per heavy atom. The van der Waals surface area contributed by atoms with Crippen LogP contribution in [0.5, 0.6) is 0 Å². The van der Waals surface area contributed by atoms with Crippen molar-refractivity contribution in [2.45, 2.75) is 70.7 Å². The monoisotopic (exact) mass is 453 g/mol. The topological polar surface area (TPSA) is 112 Å². The van der Waals surface area contributed by atoms with Gasteiger partial charge in [0.1, 0.15) is 6.04 Å². The van der Waals surface area contributed by atoms with Gasteiger partial charge in [-0.3, -0.25) is 5.41 Å². The maximum Gasteiger partial charge on any atom is 0.416 e. The molecule has 0 radical (unpaired) electrons. The molecule has 4 N–H and O–H groups in total. The molecule has 3 atom stereocenters. The number of guanidine groups is 1. The third-order valence-corrected chi connectivity index (χ3v) is 6.14. The lowest BCUT2D eigenvalue weighted by molar-refractivity contribution is -0.138. The van der Waals surface area contributed by atoms with Crippen molar-refractivity contribution in [3.8, 4) is 11.4 Å². The summed E-state index contributed by atoms with van der Waals surface area (Å²) in [5.74, 6) is 0.173. The number of alkyl halides is 3. The molecule has 1 aliphatic heterocycles. The molecule has 10 heteroatoms. The second-order valence-corrected chi connectivity index (χ2v) is 8.31. The van der Waals surface area contributed by atoms with Crippen LogP contribution >= 0.6 is 0 Å². The van der Waals surface area contributed by atoms with Gasteiger partial charge < -0.3 is 20.3 Å². The number of nitrogens with one attached hydrogen (secondary N) is 1. The summed E-state index contributed by atoms with van der Waals surface area (Å²) in [6, 6.07) is 3.31. The minimum atomic E-state index is -4.50. The number of nitrogens with two attached hydrogens (primary N) is 1. The van der Waals surface area contributed by atoms with E-state index in [4.69, 9.17) is 15.7 Å². The predicted molar refractivity (Wildman–Crippen MR) is 114 cm³/mol. The lowest BCUT2D eigenvalue weighted by Gasteiger charge is -2.22. The summed E-state index contributed by atoms with van der Waals surface area (Å²) >= 11 is 0. The fraction of sp³-hybridized carbons (Fsp3) is 0.591. The van der Waals surface area contributed by atoms with Crippen molar-refractivity contribution in [2.24, 2.45) is 11.7 Å². The van der Waals surface area contributed by atoms with Crippen molar-refractivity contribution >= 4 is 5.96 Å². The fourth-order valence-corrected chi connectivity index (χ4v) is 4.33. The Morgan fingerprint density at radius 2 is 2.09 bits per heavy atom. The van der Waals surface area contributed by atoms with Crippen LogP contribution in [0.4, 0.5) is 13.2 Å². The molecule has 2 aromatic rings. The summed E-state index contributed by atoms with van der Waals surface area (Å²) < 4.78 is 46.6. The molecule has 0 amide bonds. The normalized spacial score (nSPS) is 20.0. The summed E-state index contributed by atoms with van der Waals surface area (Å²) in [6.45, 7) is 4.50. The first-order valence-corrected chi connectivity index (χ1v) is 11.0. The smallest absolute Gasteiger partial charge is 0.390 e. The molecule has 0 aliphatic carbocycles. The van der Waals surface area contributed by atoms with Crippen molar-refractivity contribution < 1.29 is 22.8 Å². The van der Waals surface area contributed by atoms with E-state index in [1.807, 2.05) is 0 Å². The van der Waals surface area contributed by atoms with Crippen LogP contribution in [0.1, 0.15) is 69.0 Å². The molecule has 0 saturated carbocycles. The number of hydrogen-bond acceptors (Lipinski definition) is 5. The molecule has 3 rings (SSSR count). The van der Waals surface area contributed by atoms with Gasteiger partial charge in [0, 0.05) is 12.1 Å². The largest absolute Gasteiger partial charge is 0.416 e. The van der Waals surface area contributed by atoms with E-state index in [0.29, 0.717) is 31.7 Å². The highest BCUT2D eigenvalue weighted by Crippen LogP contribution is 2.37. The molecule has 1 unspecified atom stereocenters. The van der Waals surface area contributed by atoms with Gasteiger partial charge in [0.2, 0.25) is 5.82 Å². The number of benzene rings is 1. The Hall–Kier alpha value is -2.62. The Labute approximate surface area is 185 Å². The zero-order chi connectivity index (χ0) is 23.5. The molecular weight excluding hydrogens is 423 g/mol. The maximum absolute atomic E-state index is 13.8. The van der Waals surface area contributed by atoms with E-state index >= 15 is 0 Å². The molecule has 1 aromatic heterocycles. The second kappa shape index (κ2) is 9.89. The lowest BCUT2D eigenvalue weighted by Crippen LogP contribution is -2.37. The van der Waals surface area contributed by atoms with E-state index in [1.165, 1.54) is 11.0 Å². The third kappa shape index (κ3) is 5.23. The van der Waals surface area contributed by atoms with Crippen LogP contribution in [-0.4, -0.2) is 38.8 Å². The first-order chi connectivity index (χ1) is 15.2. The molecule has 1 saturated heterocycles. The minimum absolute atomic E-state index is 0.00271. The quantitative estimate of drug-likeness (QED) is 0.400. The van der Waals surface area contributed by atoms with E-state index in [2.05, 4.69) is 24.0 Å². The number of aromatic nitrogens is 2. The fourth-order valence-electron chi connectivity index (χ4n) is 4.33. The van der Waals surface area contributed by atoms with E-state index in [9.17, 15) is 18.3 Å². The van der Waals surface area contributed by atoms with Crippen molar-refractivity contribution in [3.63, 3.8) is 0 Å². The SMILES string of the molecule is CCCC(CC)CCc1ccc(-c2noc([C@@H]3[C@@H](O)CCN3C(=N)N)n2)cc1C(F)(F)F. The molecule has 32 heavy (non-hydrogen) atoms. The second-order valence-electron chi connectivity index (χ2n) is 8.31. The van der Waals surface area contributed by atoms with Crippen LogP contribution in [0.3, 0.4) is 0 Å². The van der Waals surface area contributed by atoms with Gasteiger partial charge >= 0.3 is 6.18 Å². The number of aliphatic hydroxyl groups excluding tert-OH is 1. The maximum atomic E-state index is 13.8. The first-order valence-electron chi connectivity index (χ1n) is 11.0. The standard InChI is InChI=1S/C22H30F3N5O2/c1-3-5-13(4-2)6-7-14-8-9-15(12-16(14)22(23,24)25)19-28-20(32-29-19)18-17(31)10-11-30(18)21(26)27/h8-9,12-13,17-18,31H,3-7,10-11H2,1-2H3,(H3,26,27)/t13?,17-,18-/m0/s1. The number of aliphatic hydroxyl groups is 1. The van der Waals surface area contributed by atoms with Crippen LogP contribution in [0, 0.1) is 11.3 Å². The molecule has 1 aromatic carbocycles. The van der Waals surface area contributed by atoms with Crippen LogP contribution in [-0.2, 0) is 12.6 Å².